The second-order valence-corrected chi connectivity index (χ2v) is 4.73. The van der Waals surface area contributed by atoms with Crippen LogP contribution in [0.3, 0.4) is 0 Å². The van der Waals surface area contributed by atoms with E-state index in [2.05, 4.69) is 15.3 Å². The van der Waals surface area contributed by atoms with Crippen molar-refractivity contribution in [2.24, 2.45) is 0 Å². The van der Waals surface area contributed by atoms with Crippen LogP contribution in [0.25, 0.3) is 0 Å². The highest BCUT2D eigenvalue weighted by Gasteiger charge is 2.15. The second-order valence-electron chi connectivity index (χ2n) is 4.73. The van der Waals surface area contributed by atoms with Crippen LogP contribution in [0.5, 0.6) is 0 Å². The lowest BCUT2D eigenvalue weighted by molar-refractivity contribution is 0.0524. The van der Waals surface area contributed by atoms with E-state index in [1.54, 1.807) is 13.8 Å². The minimum atomic E-state index is -0.406. The van der Waals surface area contributed by atoms with E-state index in [0.29, 0.717) is 23.8 Å². The van der Waals surface area contributed by atoms with Crippen LogP contribution in [0, 0.1) is 13.8 Å². The van der Waals surface area contributed by atoms with Crippen molar-refractivity contribution in [2.75, 3.05) is 11.9 Å². The molecule has 2 heterocycles. The summed E-state index contributed by atoms with van der Waals surface area (Å²) < 4.78 is 10.5. The molecule has 2 aromatic heterocycles. The molecule has 0 amide bonds. The van der Waals surface area contributed by atoms with Gasteiger partial charge in [0.15, 0.2) is 0 Å². The number of carbonyl (C=O) groups is 1. The molecule has 1 N–H and O–H groups in total. The minimum absolute atomic E-state index is 0.0634. The van der Waals surface area contributed by atoms with Gasteiger partial charge in [0.2, 0.25) is 5.95 Å². The van der Waals surface area contributed by atoms with Crippen molar-refractivity contribution in [3.8, 4) is 0 Å². The molecule has 0 spiro atoms. The Morgan fingerprint density at radius 1 is 1.43 bits per heavy atom. The number of anilines is 1. The van der Waals surface area contributed by atoms with E-state index in [1.165, 1.54) is 6.20 Å². The molecule has 21 heavy (non-hydrogen) atoms. The number of aryl methyl sites for hydroxylation is 2. The van der Waals surface area contributed by atoms with E-state index in [9.17, 15) is 4.79 Å². The molecule has 0 aromatic carbocycles. The number of hydrogen-bond donors (Lipinski definition) is 1. The topological polar surface area (TPSA) is 77.2 Å². The first-order valence-electron chi connectivity index (χ1n) is 6.85. The second kappa shape index (κ2) is 6.39. The third-order valence-electron chi connectivity index (χ3n) is 3.01. The summed E-state index contributed by atoms with van der Waals surface area (Å²) in [6.45, 7) is 7.69. The first kappa shape index (κ1) is 15.0. The molecule has 0 aliphatic heterocycles. The third-order valence-corrected chi connectivity index (χ3v) is 3.01. The van der Waals surface area contributed by atoms with Gasteiger partial charge in [-0.1, -0.05) is 0 Å². The Morgan fingerprint density at radius 2 is 2.19 bits per heavy atom. The lowest BCUT2D eigenvalue weighted by Crippen LogP contribution is -2.13. The van der Waals surface area contributed by atoms with E-state index >= 15 is 0 Å². The summed E-state index contributed by atoms with van der Waals surface area (Å²) in [5, 5.41) is 3.14. The summed E-state index contributed by atoms with van der Waals surface area (Å²) in [5.41, 5.74) is 0.956. The van der Waals surface area contributed by atoms with Crippen LogP contribution in [0.4, 0.5) is 5.95 Å². The van der Waals surface area contributed by atoms with Gasteiger partial charge in [-0.2, -0.15) is 0 Å². The first-order chi connectivity index (χ1) is 10.0. The van der Waals surface area contributed by atoms with E-state index in [0.717, 1.165) is 11.5 Å². The molecular weight excluding hydrogens is 270 g/mol. The summed E-state index contributed by atoms with van der Waals surface area (Å²) >= 11 is 0. The Labute approximate surface area is 123 Å². The number of ether oxygens (including phenoxy) is 1. The quantitative estimate of drug-likeness (QED) is 0.852. The number of nitrogens with one attached hydrogen (secondary N) is 1. The SMILES string of the molecule is CCOC(=O)c1cnc(NC(C)c2ccc(C)o2)nc1C. The highest BCUT2D eigenvalue weighted by Crippen LogP contribution is 2.19. The molecule has 0 aliphatic rings. The maximum Gasteiger partial charge on any atom is 0.341 e. The highest BCUT2D eigenvalue weighted by molar-refractivity contribution is 5.90. The first-order valence-corrected chi connectivity index (χ1v) is 6.85. The van der Waals surface area contributed by atoms with E-state index in [1.807, 2.05) is 26.0 Å². The van der Waals surface area contributed by atoms with Gasteiger partial charge in [0.05, 0.1) is 23.9 Å². The fourth-order valence-electron chi connectivity index (χ4n) is 1.90. The standard InChI is InChI=1S/C15H19N3O3/c1-5-20-14(19)12-8-16-15(17-10(12)3)18-11(4)13-7-6-9(2)21-13/h6-8,11H,5H2,1-4H3,(H,16,17,18). The normalized spacial score (nSPS) is 12.0. The number of esters is 1. The van der Waals surface area contributed by atoms with Gasteiger partial charge in [0.1, 0.15) is 11.5 Å². The zero-order valence-electron chi connectivity index (χ0n) is 12.6. The van der Waals surface area contributed by atoms with Gasteiger partial charge >= 0.3 is 5.97 Å². The molecule has 0 bridgehead atoms. The highest BCUT2D eigenvalue weighted by atomic mass is 16.5. The number of hydrogen-bond acceptors (Lipinski definition) is 6. The zero-order chi connectivity index (χ0) is 15.4. The van der Waals surface area contributed by atoms with Crippen LogP contribution in [-0.4, -0.2) is 22.5 Å². The van der Waals surface area contributed by atoms with Crippen LogP contribution >= 0.6 is 0 Å². The van der Waals surface area contributed by atoms with Crippen molar-refractivity contribution in [1.82, 2.24) is 9.97 Å². The monoisotopic (exact) mass is 289 g/mol. The van der Waals surface area contributed by atoms with Gasteiger partial charge in [-0.25, -0.2) is 14.8 Å². The van der Waals surface area contributed by atoms with Crippen LogP contribution in [0.15, 0.2) is 22.7 Å². The molecule has 1 unspecified atom stereocenters. The molecule has 6 nitrogen and oxygen atoms in total. The number of furan rings is 1. The van der Waals surface area contributed by atoms with E-state index in [4.69, 9.17) is 9.15 Å². The number of aromatic nitrogens is 2. The Hall–Kier alpha value is -2.37. The third kappa shape index (κ3) is 3.59. The Kier molecular flexibility index (Phi) is 4.57. The summed E-state index contributed by atoms with van der Waals surface area (Å²) in [4.78, 5) is 20.1. The average Bonchev–Trinajstić information content (AvgIpc) is 2.86. The summed E-state index contributed by atoms with van der Waals surface area (Å²) in [6, 6.07) is 3.75. The lowest BCUT2D eigenvalue weighted by Gasteiger charge is -2.12. The molecule has 2 aromatic rings. The van der Waals surface area contributed by atoms with Crippen molar-refractivity contribution >= 4 is 11.9 Å². The van der Waals surface area contributed by atoms with Crippen LogP contribution in [0.2, 0.25) is 0 Å². The van der Waals surface area contributed by atoms with Gasteiger partial charge in [-0.3, -0.25) is 0 Å². The maximum atomic E-state index is 11.7. The van der Waals surface area contributed by atoms with Crippen LogP contribution < -0.4 is 5.32 Å². The summed E-state index contributed by atoms with van der Waals surface area (Å²) in [7, 11) is 0. The van der Waals surface area contributed by atoms with Crippen molar-refractivity contribution in [3.05, 3.63) is 41.1 Å². The predicted molar refractivity (Wildman–Crippen MR) is 78.2 cm³/mol. The summed E-state index contributed by atoms with van der Waals surface area (Å²) in [6.07, 6.45) is 1.47. The lowest BCUT2D eigenvalue weighted by atomic mass is 10.2. The van der Waals surface area contributed by atoms with Crippen molar-refractivity contribution in [3.63, 3.8) is 0 Å². The molecule has 0 aliphatic carbocycles. The van der Waals surface area contributed by atoms with Gasteiger partial charge in [-0.15, -0.1) is 0 Å². The average molecular weight is 289 g/mol. The molecule has 0 saturated carbocycles. The van der Waals surface area contributed by atoms with E-state index < -0.39 is 5.97 Å². The molecular formula is C15H19N3O3. The number of nitrogens with zero attached hydrogens (tertiary/aromatic N) is 2. The smallest absolute Gasteiger partial charge is 0.341 e. The van der Waals surface area contributed by atoms with Gasteiger partial charge < -0.3 is 14.5 Å². The summed E-state index contributed by atoms with van der Waals surface area (Å²) in [5.74, 6) is 1.70. The van der Waals surface area contributed by atoms with E-state index in [-0.39, 0.29) is 6.04 Å². The Balaban J connectivity index is 2.11. The Morgan fingerprint density at radius 3 is 2.76 bits per heavy atom. The van der Waals surface area contributed by atoms with Gasteiger partial charge in [-0.05, 0) is 39.8 Å². The molecule has 0 fully saturated rings. The molecule has 0 saturated heterocycles. The molecule has 1 atom stereocenters. The maximum absolute atomic E-state index is 11.7. The Bertz CT molecular complexity index is 637. The largest absolute Gasteiger partial charge is 0.464 e. The number of rotatable bonds is 5. The molecule has 0 radical (unpaired) electrons. The molecule has 2 rings (SSSR count). The number of carbonyl (C=O) groups excluding carboxylic acids is 1. The predicted octanol–water partition coefficient (Wildman–Crippen LogP) is 3.04. The minimum Gasteiger partial charge on any atom is -0.464 e. The van der Waals surface area contributed by atoms with Crippen LogP contribution in [0.1, 0.15) is 47.5 Å². The van der Waals surface area contributed by atoms with Gasteiger partial charge in [0, 0.05) is 6.20 Å². The fourth-order valence-corrected chi connectivity index (χ4v) is 1.90. The fraction of sp³-hybridized carbons (Fsp3) is 0.400. The molecule has 6 heteroatoms. The van der Waals surface area contributed by atoms with Gasteiger partial charge in [0.25, 0.3) is 0 Å². The molecule has 112 valence electrons. The van der Waals surface area contributed by atoms with Crippen molar-refractivity contribution < 1.29 is 13.9 Å². The zero-order valence-corrected chi connectivity index (χ0v) is 12.6. The van der Waals surface area contributed by atoms with Crippen molar-refractivity contribution in [1.29, 1.82) is 0 Å². The van der Waals surface area contributed by atoms with Crippen LogP contribution in [-0.2, 0) is 4.74 Å². The van der Waals surface area contributed by atoms with Crippen molar-refractivity contribution in [2.45, 2.75) is 33.7 Å².